The molecule has 1 fully saturated rings. The van der Waals surface area contributed by atoms with Crippen LogP contribution >= 0.6 is 11.8 Å². The Balaban J connectivity index is 2.15. The number of carbonyl (C=O) groups excluding carboxylic acids is 1. The highest BCUT2D eigenvalue weighted by molar-refractivity contribution is 8.00. The minimum Gasteiger partial charge on any atom is -0.465 e. The number of carbonyl (C=O) groups is 1. The van der Waals surface area contributed by atoms with E-state index in [2.05, 4.69) is 0 Å². The van der Waals surface area contributed by atoms with Crippen LogP contribution in [0.25, 0.3) is 0 Å². The van der Waals surface area contributed by atoms with E-state index < -0.39 is 0 Å². The highest BCUT2D eigenvalue weighted by Gasteiger charge is 2.34. The maximum Gasteiger partial charge on any atom is 0.322 e. The Labute approximate surface area is 105 Å². The first-order valence-corrected chi connectivity index (χ1v) is 6.82. The summed E-state index contributed by atoms with van der Waals surface area (Å²) in [7, 11) is 0. The predicted molar refractivity (Wildman–Crippen MR) is 68.0 cm³/mol. The van der Waals surface area contributed by atoms with Crippen molar-refractivity contribution in [1.29, 1.82) is 0 Å². The van der Waals surface area contributed by atoms with E-state index in [-0.39, 0.29) is 17.3 Å². The van der Waals surface area contributed by atoms with Crippen LogP contribution in [0.2, 0.25) is 0 Å². The zero-order chi connectivity index (χ0) is 12.1. The standard InChI is InChI=1S/C13H16O3S/c1-2-15-13(14)12-11(16-8-9-17-12)10-6-4-3-5-7-10/h3-7,11-12H,2,8-9H2,1H3/t11-,12-/m0/s1. The lowest BCUT2D eigenvalue weighted by atomic mass is 10.1. The maximum atomic E-state index is 11.9. The van der Waals surface area contributed by atoms with Gasteiger partial charge in [0.2, 0.25) is 0 Å². The SMILES string of the molecule is CCOC(=O)[C@H]1SCCO[C@H]1c1ccccc1. The van der Waals surface area contributed by atoms with E-state index in [1.165, 1.54) is 0 Å². The number of benzene rings is 1. The number of hydrogen-bond acceptors (Lipinski definition) is 4. The molecule has 92 valence electrons. The summed E-state index contributed by atoms with van der Waals surface area (Å²) in [5, 5.41) is -0.244. The molecule has 1 saturated heterocycles. The van der Waals surface area contributed by atoms with Crippen LogP contribution in [0.3, 0.4) is 0 Å². The molecule has 2 atom stereocenters. The van der Waals surface area contributed by atoms with Gasteiger partial charge in [0.15, 0.2) is 0 Å². The summed E-state index contributed by atoms with van der Waals surface area (Å²) < 4.78 is 10.8. The van der Waals surface area contributed by atoms with Gasteiger partial charge in [0, 0.05) is 5.75 Å². The fourth-order valence-electron chi connectivity index (χ4n) is 1.85. The molecule has 0 aliphatic carbocycles. The van der Waals surface area contributed by atoms with Crippen LogP contribution in [0.1, 0.15) is 18.6 Å². The van der Waals surface area contributed by atoms with Gasteiger partial charge >= 0.3 is 5.97 Å². The molecule has 1 heterocycles. The molecule has 0 amide bonds. The van der Waals surface area contributed by atoms with Crippen molar-refractivity contribution in [2.45, 2.75) is 18.3 Å². The Morgan fingerprint density at radius 1 is 1.47 bits per heavy atom. The van der Waals surface area contributed by atoms with Crippen LogP contribution in [0, 0.1) is 0 Å². The Kier molecular flexibility index (Phi) is 4.45. The molecular weight excluding hydrogens is 236 g/mol. The van der Waals surface area contributed by atoms with E-state index in [0.717, 1.165) is 11.3 Å². The quantitative estimate of drug-likeness (QED) is 0.774. The van der Waals surface area contributed by atoms with Crippen LogP contribution in [0.4, 0.5) is 0 Å². The minimum absolute atomic E-state index is 0.175. The monoisotopic (exact) mass is 252 g/mol. The van der Waals surface area contributed by atoms with Crippen molar-refractivity contribution in [2.24, 2.45) is 0 Å². The highest BCUT2D eigenvalue weighted by atomic mass is 32.2. The van der Waals surface area contributed by atoms with Gasteiger partial charge in [-0.2, -0.15) is 0 Å². The minimum atomic E-state index is -0.244. The summed E-state index contributed by atoms with van der Waals surface area (Å²) >= 11 is 1.61. The average molecular weight is 252 g/mol. The summed E-state index contributed by atoms with van der Waals surface area (Å²) in [4.78, 5) is 11.9. The third-order valence-corrected chi connectivity index (χ3v) is 3.80. The smallest absolute Gasteiger partial charge is 0.322 e. The summed E-state index contributed by atoms with van der Waals surface area (Å²) in [6.45, 7) is 2.92. The molecule has 0 N–H and O–H groups in total. The number of rotatable bonds is 3. The molecule has 3 nitrogen and oxygen atoms in total. The Bertz CT molecular complexity index is 366. The third kappa shape index (κ3) is 3.01. The summed E-state index contributed by atoms with van der Waals surface area (Å²) in [6, 6.07) is 9.85. The molecule has 0 spiro atoms. The molecular formula is C13H16O3S. The average Bonchev–Trinajstić information content (AvgIpc) is 2.40. The number of esters is 1. The van der Waals surface area contributed by atoms with Crippen LogP contribution in [0.15, 0.2) is 30.3 Å². The normalized spacial score (nSPS) is 24.3. The molecule has 0 saturated carbocycles. The molecule has 0 radical (unpaired) electrons. The van der Waals surface area contributed by atoms with Gasteiger partial charge in [-0.1, -0.05) is 30.3 Å². The van der Waals surface area contributed by atoms with E-state index in [9.17, 15) is 4.79 Å². The van der Waals surface area contributed by atoms with Gasteiger partial charge in [-0.05, 0) is 12.5 Å². The number of thioether (sulfide) groups is 1. The first-order valence-electron chi connectivity index (χ1n) is 5.77. The van der Waals surface area contributed by atoms with Gasteiger partial charge in [0.05, 0.1) is 13.2 Å². The largest absolute Gasteiger partial charge is 0.465 e. The lowest BCUT2D eigenvalue weighted by molar-refractivity contribution is -0.145. The Morgan fingerprint density at radius 2 is 2.24 bits per heavy atom. The number of hydrogen-bond donors (Lipinski definition) is 0. The Hall–Kier alpha value is -1.00. The number of ether oxygens (including phenoxy) is 2. The van der Waals surface area contributed by atoms with Crippen LogP contribution in [0.5, 0.6) is 0 Å². The van der Waals surface area contributed by atoms with Crippen molar-refractivity contribution in [3.63, 3.8) is 0 Å². The van der Waals surface area contributed by atoms with Crippen molar-refractivity contribution in [3.8, 4) is 0 Å². The maximum absolute atomic E-state index is 11.9. The molecule has 0 bridgehead atoms. The van der Waals surface area contributed by atoms with Crippen LogP contribution in [-0.2, 0) is 14.3 Å². The fraction of sp³-hybridized carbons (Fsp3) is 0.462. The third-order valence-electron chi connectivity index (χ3n) is 2.60. The van der Waals surface area contributed by atoms with Gasteiger partial charge in [-0.3, -0.25) is 4.79 Å². The zero-order valence-electron chi connectivity index (χ0n) is 9.80. The van der Waals surface area contributed by atoms with E-state index in [4.69, 9.17) is 9.47 Å². The molecule has 2 rings (SSSR count). The Morgan fingerprint density at radius 3 is 2.94 bits per heavy atom. The second-order valence-electron chi connectivity index (χ2n) is 3.75. The molecule has 0 unspecified atom stereocenters. The molecule has 1 aromatic rings. The van der Waals surface area contributed by atoms with Gasteiger partial charge in [0.1, 0.15) is 11.4 Å². The molecule has 1 aliphatic rings. The van der Waals surface area contributed by atoms with Crippen molar-refractivity contribution < 1.29 is 14.3 Å². The van der Waals surface area contributed by atoms with Crippen molar-refractivity contribution in [2.75, 3.05) is 19.0 Å². The summed E-state index contributed by atoms with van der Waals surface area (Å²) in [5.74, 6) is 0.665. The van der Waals surface area contributed by atoms with Gasteiger partial charge < -0.3 is 9.47 Å². The first kappa shape index (κ1) is 12.5. The lowest BCUT2D eigenvalue weighted by Gasteiger charge is -2.29. The van der Waals surface area contributed by atoms with Crippen molar-refractivity contribution in [1.82, 2.24) is 0 Å². The van der Waals surface area contributed by atoms with Crippen LogP contribution in [-0.4, -0.2) is 30.2 Å². The summed E-state index contributed by atoms with van der Waals surface area (Å²) in [5.41, 5.74) is 1.04. The fourth-order valence-corrected chi connectivity index (χ4v) is 2.92. The van der Waals surface area contributed by atoms with Gasteiger partial charge in [-0.15, -0.1) is 11.8 Å². The van der Waals surface area contributed by atoms with E-state index >= 15 is 0 Å². The van der Waals surface area contributed by atoms with E-state index in [1.54, 1.807) is 11.8 Å². The molecule has 1 aromatic carbocycles. The van der Waals surface area contributed by atoms with Crippen LogP contribution < -0.4 is 0 Å². The molecule has 1 aliphatic heterocycles. The molecule has 0 aromatic heterocycles. The van der Waals surface area contributed by atoms with Gasteiger partial charge in [-0.25, -0.2) is 0 Å². The zero-order valence-corrected chi connectivity index (χ0v) is 10.6. The molecule has 17 heavy (non-hydrogen) atoms. The van der Waals surface area contributed by atoms with E-state index in [1.807, 2.05) is 37.3 Å². The second kappa shape index (κ2) is 6.07. The predicted octanol–water partition coefficient (Wildman–Crippen LogP) is 2.42. The topological polar surface area (TPSA) is 35.5 Å². The van der Waals surface area contributed by atoms with Gasteiger partial charge in [0.25, 0.3) is 0 Å². The lowest BCUT2D eigenvalue weighted by Crippen LogP contribution is -2.33. The van der Waals surface area contributed by atoms with E-state index in [0.29, 0.717) is 13.2 Å². The highest BCUT2D eigenvalue weighted by Crippen LogP contribution is 2.34. The first-order chi connectivity index (χ1) is 8.33. The van der Waals surface area contributed by atoms with Crippen molar-refractivity contribution in [3.05, 3.63) is 35.9 Å². The second-order valence-corrected chi connectivity index (χ2v) is 4.99. The summed E-state index contributed by atoms with van der Waals surface area (Å²) in [6.07, 6.45) is -0.186. The van der Waals surface area contributed by atoms with Crippen molar-refractivity contribution >= 4 is 17.7 Å². The molecule has 4 heteroatoms.